The first-order chi connectivity index (χ1) is 6.13. The Kier molecular flexibility index (Phi) is 2.06. The van der Waals surface area contributed by atoms with Crippen LogP contribution in [0.5, 0.6) is 0 Å². The summed E-state index contributed by atoms with van der Waals surface area (Å²) in [4.78, 5) is 5.09. The van der Waals surface area contributed by atoms with Crippen molar-refractivity contribution in [3.63, 3.8) is 0 Å². The van der Waals surface area contributed by atoms with Crippen LogP contribution in [0.25, 0.3) is 0 Å². The lowest BCUT2D eigenvalue weighted by Crippen LogP contribution is -2.34. The predicted molar refractivity (Wildman–Crippen MR) is 57.4 cm³/mol. The molecular weight excluding hydrogens is 206 g/mol. The third-order valence-electron chi connectivity index (χ3n) is 1.90. The molecule has 0 radical (unpaired) electrons. The van der Waals surface area contributed by atoms with Gasteiger partial charge in [-0.25, -0.2) is 4.99 Å². The molecule has 1 unspecified atom stereocenters. The van der Waals surface area contributed by atoms with E-state index in [-0.39, 0.29) is 0 Å². The number of fused-ring (bicyclic) bond motifs is 1. The second-order valence-electron chi connectivity index (χ2n) is 2.87. The van der Waals surface area contributed by atoms with Gasteiger partial charge in [0.25, 0.3) is 0 Å². The molecule has 0 aromatic carbocycles. The van der Waals surface area contributed by atoms with Crippen molar-refractivity contribution in [3.05, 3.63) is 16.3 Å². The highest BCUT2D eigenvalue weighted by Crippen LogP contribution is 2.38. The maximum Gasteiger partial charge on any atom is 0.223 e. The monoisotopic (exact) mass is 215 g/mol. The lowest BCUT2D eigenvalue weighted by Gasteiger charge is -2.25. The second kappa shape index (κ2) is 2.97. The van der Waals surface area contributed by atoms with Crippen LogP contribution in [0.4, 0.5) is 5.69 Å². The molecule has 0 saturated carbocycles. The molecule has 1 aromatic heterocycles. The Bertz CT molecular complexity index is 356. The summed E-state index contributed by atoms with van der Waals surface area (Å²) in [5, 5.41) is 4.06. The highest BCUT2D eigenvalue weighted by Gasteiger charge is 2.32. The SMILES string of the molecule is CCC1=NC(N)(Cl)c2sccc2N1. The van der Waals surface area contributed by atoms with Crippen LogP contribution in [-0.4, -0.2) is 5.84 Å². The Hall–Kier alpha value is -0.580. The van der Waals surface area contributed by atoms with Crippen molar-refractivity contribution >= 4 is 34.5 Å². The van der Waals surface area contributed by atoms with Crippen LogP contribution in [0.3, 0.4) is 0 Å². The summed E-state index contributed by atoms with van der Waals surface area (Å²) in [5.41, 5.74) is 6.83. The standard InChI is InChI=1S/C8H10ClN3S/c1-2-6-11-5-3-4-13-7(5)8(9,10)12-6/h3-4H,2,10H2,1H3,(H,11,12). The van der Waals surface area contributed by atoms with Crippen LogP contribution >= 0.6 is 22.9 Å². The van der Waals surface area contributed by atoms with E-state index < -0.39 is 5.12 Å². The van der Waals surface area contributed by atoms with E-state index in [2.05, 4.69) is 10.3 Å². The molecule has 1 atom stereocenters. The van der Waals surface area contributed by atoms with Crippen LogP contribution in [0, 0.1) is 0 Å². The largest absolute Gasteiger partial charge is 0.343 e. The van der Waals surface area contributed by atoms with E-state index in [1.807, 2.05) is 18.4 Å². The van der Waals surface area contributed by atoms with Gasteiger partial charge in [0.05, 0.1) is 10.6 Å². The average molecular weight is 216 g/mol. The Morgan fingerprint density at radius 3 is 3.23 bits per heavy atom. The number of hydrogen-bond donors (Lipinski definition) is 2. The molecule has 70 valence electrons. The van der Waals surface area contributed by atoms with Crippen molar-refractivity contribution in [2.75, 3.05) is 5.32 Å². The number of nitrogens with one attached hydrogen (secondary N) is 1. The maximum atomic E-state index is 6.08. The number of nitrogens with zero attached hydrogens (tertiary/aromatic N) is 1. The first-order valence-electron chi connectivity index (χ1n) is 4.05. The molecule has 0 spiro atoms. The van der Waals surface area contributed by atoms with Gasteiger partial charge in [0.15, 0.2) is 0 Å². The number of hydrogen-bond acceptors (Lipinski definition) is 4. The Morgan fingerprint density at radius 2 is 2.54 bits per heavy atom. The van der Waals surface area contributed by atoms with Crippen LogP contribution in [0.2, 0.25) is 0 Å². The van der Waals surface area contributed by atoms with Crippen LogP contribution < -0.4 is 11.1 Å². The van der Waals surface area contributed by atoms with E-state index in [4.69, 9.17) is 17.3 Å². The van der Waals surface area contributed by atoms with Crippen molar-refractivity contribution in [1.29, 1.82) is 0 Å². The molecule has 0 saturated heterocycles. The molecule has 3 N–H and O–H groups in total. The van der Waals surface area contributed by atoms with Crippen LogP contribution in [0.1, 0.15) is 18.2 Å². The van der Waals surface area contributed by atoms with E-state index in [9.17, 15) is 0 Å². The van der Waals surface area contributed by atoms with Crippen molar-refractivity contribution in [3.8, 4) is 0 Å². The lowest BCUT2D eigenvalue weighted by molar-refractivity contribution is 0.690. The predicted octanol–water partition coefficient (Wildman–Crippen LogP) is 2.29. The molecule has 1 aliphatic rings. The summed E-state index contributed by atoms with van der Waals surface area (Å²) in [7, 11) is 0. The quantitative estimate of drug-likeness (QED) is 0.558. The van der Waals surface area contributed by atoms with Gasteiger partial charge in [-0.05, 0) is 11.4 Å². The smallest absolute Gasteiger partial charge is 0.223 e. The Balaban J connectivity index is 2.47. The van der Waals surface area contributed by atoms with Crippen molar-refractivity contribution < 1.29 is 0 Å². The fourth-order valence-electron chi connectivity index (χ4n) is 1.28. The minimum atomic E-state index is -1.07. The molecule has 0 fully saturated rings. The molecule has 13 heavy (non-hydrogen) atoms. The zero-order valence-corrected chi connectivity index (χ0v) is 8.75. The van der Waals surface area contributed by atoms with E-state index in [0.29, 0.717) is 0 Å². The van der Waals surface area contributed by atoms with E-state index >= 15 is 0 Å². The molecule has 0 amide bonds. The molecule has 1 aliphatic heterocycles. The molecule has 2 rings (SSSR count). The number of anilines is 1. The van der Waals surface area contributed by atoms with Gasteiger partial charge in [-0.1, -0.05) is 18.5 Å². The first-order valence-corrected chi connectivity index (χ1v) is 5.30. The van der Waals surface area contributed by atoms with Crippen molar-refractivity contribution in [2.24, 2.45) is 10.7 Å². The van der Waals surface area contributed by atoms with E-state index in [1.165, 1.54) is 11.3 Å². The Labute approximate surface area is 85.6 Å². The first kappa shape index (κ1) is 8.99. The third-order valence-corrected chi connectivity index (χ3v) is 3.32. The lowest BCUT2D eigenvalue weighted by atomic mass is 10.2. The summed E-state index contributed by atoms with van der Waals surface area (Å²) in [6.07, 6.45) is 0.807. The molecule has 1 aromatic rings. The summed E-state index contributed by atoms with van der Waals surface area (Å²) in [6.45, 7) is 2.01. The van der Waals surface area contributed by atoms with Gasteiger partial charge in [0, 0.05) is 6.42 Å². The third kappa shape index (κ3) is 1.45. The zero-order valence-electron chi connectivity index (χ0n) is 7.17. The number of rotatable bonds is 1. The minimum absolute atomic E-state index is 0.807. The molecule has 0 aliphatic carbocycles. The van der Waals surface area contributed by atoms with Crippen LogP contribution in [0.15, 0.2) is 16.4 Å². The topological polar surface area (TPSA) is 50.4 Å². The number of nitrogens with two attached hydrogens (primary N) is 1. The number of thiophene rings is 1. The fourth-order valence-corrected chi connectivity index (χ4v) is 2.41. The molecule has 3 nitrogen and oxygen atoms in total. The summed E-state index contributed by atoms with van der Waals surface area (Å²) in [5.74, 6) is 0.836. The molecule has 0 bridgehead atoms. The fraction of sp³-hybridized carbons (Fsp3) is 0.375. The van der Waals surface area contributed by atoms with Gasteiger partial charge in [0.1, 0.15) is 5.84 Å². The van der Waals surface area contributed by atoms with Gasteiger partial charge in [0.2, 0.25) is 5.12 Å². The van der Waals surface area contributed by atoms with Gasteiger partial charge in [-0.3, -0.25) is 5.73 Å². The van der Waals surface area contributed by atoms with Crippen LogP contribution in [-0.2, 0) is 5.12 Å². The molecular formula is C8H10ClN3S. The van der Waals surface area contributed by atoms with E-state index in [1.54, 1.807) is 0 Å². The minimum Gasteiger partial charge on any atom is -0.343 e. The summed E-state index contributed by atoms with van der Waals surface area (Å²) >= 11 is 7.60. The maximum absolute atomic E-state index is 6.08. The number of aliphatic imine (C=N–C) groups is 1. The average Bonchev–Trinajstić information content (AvgIpc) is 2.51. The summed E-state index contributed by atoms with van der Waals surface area (Å²) < 4.78 is 0. The van der Waals surface area contributed by atoms with Crippen molar-refractivity contribution in [1.82, 2.24) is 0 Å². The van der Waals surface area contributed by atoms with Gasteiger partial charge in [-0.15, -0.1) is 11.3 Å². The highest BCUT2D eigenvalue weighted by atomic mass is 35.5. The Morgan fingerprint density at radius 1 is 1.77 bits per heavy atom. The summed E-state index contributed by atoms with van der Waals surface area (Å²) in [6, 6.07) is 1.97. The van der Waals surface area contributed by atoms with E-state index in [0.717, 1.165) is 22.8 Å². The molecule has 2 heterocycles. The molecule has 5 heteroatoms. The second-order valence-corrected chi connectivity index (χ2v) is 4.37. The highest BCUT2D eigenvalue weighted by molar-refractivity contribution is 7.11. The van der Waals surface area contributed by atoms with Gasteiger partial charge < -0.3 is 5.32 Å². The number of alkyl halides is 1. The van der Waals surface area contributed by atoms with Gasteiger partial charge in [-0.2, -0.15) is 0 Å². The van der Waals surface area contributed by atoms with Gasteiger partial charge >= 0.3 is 0 Å². The van der Waals surface area contributed by atoms with Crippen molar-refractivity contribution in [2.45, 2.75) is 18.5 Å². The number of halogens is 1. The zero-order chi connectivity index (χ0) is 9.47. The number of amidine groups is 1. The normalized spacial score (nSPS) is 26.2.